The van der Waals surface area contributed by atoms with Gasteiger partial charge in [0.15, 0.2) is 0 Å². The van der Waals surface area contributed by atoms with E-state index in [1.165, 1.54) is 0 Å². The Labute approximate surface area is 69.2 Å². The third kappa shape index (κ3) is 2.23. The van der Waals surface area contributed by atoms with Gasteiger partial charge >= 0.3 is 0 Å². The van der Waals surface area contributed by atoms with Gasteiger partial charge in [-0.25, -0.2) is 0 Å². The minimum atomic E-state index is -0.335. The molecule has 1 aromatic heterocycles. The van der Waals surface area contributed by atoms with E-state index in [2.05, 4.69) is 5.32 Å². The predicted molar refractivity (Wildman–Crippen MR) is 46.6 cm³/mol. The summed E-state index contributed by atoms with van der Waals surface area (Å²) in [5, 5.41) is 5.87. The Kier molecular flexibility index (Phi) is 2.48. The minimum absolute atomic E-state index is 0.298. The van der Waals surface area contributed by atoms with Crippen LogP contribution in [0.15, 0.2) is 17.5 Å². The van der Waals surface area contributed by atoms with E-state index in [-0.39, 0.29) is 11.9 Å². The number of thiophene rings is 1. The molecule has 0 aromatic carbocycles. The van der Waals surface area contributed by atoms with Crippen LogP contribution in [0, 0.1) is 0 Å². The van der Waals surface area contributed by atoms with E-state index in [9.17, 15) is 4.79 Å². The molecule has 3 nitrogen and oxygen atoms in total. The largest absolute Gasteiger partial charge is 0.368 e. The number of nitrogens with two attached hydrogens (primary N) is 1. The van der Waals surface area contributed by atoms with Crippen molar-refractivity contribution in [3.05, 3.63) is 17.5 Å². The number of nitrogens with one attached hydrogen (secondary N) is 1. The number of anilines is 1. The molecule has 0 aliphatic rings. The fourth-order valence-corrected chi connectivity index (χ4v) is 1.35. The van der Waals surface area contributed by atoms with E-state index in [1.807, 2.05) is 17.5 Å². The van der Waals surface area contributed by atoms with Gasteiger partial charge in [0.1, 0.15) is 6.04 Å². The highest BCUT2D eigenvalue weighted by molar-refractivity contribution is 7.14. The van der Waals surface area contributed by atoms with Crippen LogP contribution < -0.4 is 11.1 Å². The molecule has 0 aliphatic heterocycles. The van der Waals surface area contributed by atoms with Gasteiger partial charge in [-0.2, -0.15) is 0 Å². The van der Waals surface area contributed by atoms with E-state index in [4.69, 9.17) is 5.73 Å². The molecule has 1 rings (SSSR count). The molecule has 1 unspecified atom stereocenters. The van der Waals surface area contributed by atoms with Gasteiger partial charge in [-0.15, -0.1) is 11.3 Å². The lowest BCUT2D eigenvalue weighted by Gasteiger charge is -2.07. The minimum Gasteiger partial charge on any atom is -0.368 e. The Morgan fingerprint density at radius 2 is 2.55 bits per heavy atom. The zero-order valence-electron chi connectivity index (χ0n) is 6.20. The molecule has 0 fully saturated rings. The monoisotopic (exact) mass is 170 g/mol. The molecular weight excluding hydrogens is 160 g/mol. The van der Waals surface area contributed by atoms with Crippen LogP contribution in [0.1, 0.15) is 6.92 Å². The van der Waals surface area contributed by atoms with Crippen molar-refractivity contribution in [2.45, 2.75) is 13.0 Å². The average Bonchev–Trinajstić information content (AvgIpc) is 2.39. The summed E-state index contributed by atoms with van der Waals surface area (Å²) in [6, 6.07) is 3.53. The second-order valence-electron chi connectivity index (χ2n) is 2.25. The van der Waals surface area contributed by atoms with Gasteiger partial charge in [-0.05, 0) is 24.4 Å². The van der Waals surface area contributed by atoms with Crippen LogP contribution in [-0.2, 0) is 4.79 Å². The zero-order chi connectivity index (χ0) is 8.27. The first-order chi connectivity index (χ1) is 5.20. The molecule has 4 heteroatoms. The Morgan fingerprint density at radius 3 is 3.00 bits per heavy atom. The molecule has 1 aromatic rings. The van der Waals surface area contributed by atoms with Crippen LogP contribution in [-0.4, -0.2) is 11.9 Å². The quantitative estimate of drug-likeness (QED) is 0.712. The average molecular weight is 170 g/mol. The molecule has 0 spiro atoms. The topological polar surface area (TPSA) is 55.1 Å². The molecular formula is C7H10N2OS. The number of carbonyl (C=O) groups is 1. The molecule has 0 aliphatic carbocycles. The Balaban J connectivity index is 2.50. The summed E-state index contributed by atoms with van der Waals surface area (Å²) in [6.07, 6.45) is 0. The number of carbonyl (C=O) groups excluding carboxylic acids is 1. The highest BCUT2D eigenvalue weighted by Gasteiger charge is 2.07. The summed E-state index contributed by atoms with van der Waals surface area (Å²) in [5.41, 5.74) is 5.06. The number of primary amides is 1. The van der Waals surface area contributed by atoms with E-state index < -0.39 is 0 Å². The number of rotatable bonds is 3. The van der Waals surface area contributed by atoms with E-state index in [1.54, 1.807) is 18.3 Å². The van der Waals surface area contributed by atoms with Crippen LogP contribution in [0.4, 0.5) is 5.00 Å². The standard InChI is InChI=1S/C7H10N2OS/c1-5(7(8)10)9-6-3-2-4-11-6/h2-5,9H,1H3,(H2,8,10). The lowest BCUT2D eigenvalue weighted by Crippen LogP contribution is -2.32. The molecule has 0 bridgehead atoms. The number of amides is 1. The first-order valence-electron chi connectivity index (χ1n) is 3.29. The van der Waals surface area contributed by atoms with Crippen LogP contribution in [0.5, 0.6) is 0 Å². The summed E-state index contributed by atoms with van der Waals surface area (Å²) in [7, 11) is 0. The Morgan fingerprint density at radius 1 is 1.82 bits per heavy atom. The smallest absolute Gasteiger partial charge is 0.239 e. The fourth-order valence-electron chi connectivity index (χ4n) is 0.645. The zero-order valence-corrected chi connectivity index (χ0v) is 7.02. The number of hydrogen-bond acceptors (Lipinski definition) is 3. The molecule has 0 saturated heterocycles. The van der Waals surface area contributed by atoms with Gasteiger partial charge in [0, 0.05) is 0 Å². The van der Waals surface area contributed by atoms with Crippen molar-refractivity contribution < 1.29 is 4.79 Å². The first kappa shape index (κ1) is 8.07. The second kappa shape index (κ2) is 3.39. The molecule has 60 valence electrons. The van der Waals surface area contributed by atoms with E-state index in [0.717, 1.165) is 5.00 Å². The first-order valence-corrected chi connectivity index (χ1v) is 4.17. The van der Waals surface area contributed by atoms with Crippen molar-refractivity contribution in [2.24, 2.45) is 5.73 Å². The van der Waals surface area contributed by atoms with Crippen molar-refractivity contribution in [3.63, 3.8) is 0 Å². The SMILES string of the molecule is CC(Nc1cccs1)C(N)=O. The van der Waals surface area contributed by atoms with Crippen molar-refractivity contribution in [2.75, 3.05) is 5.32 Å². The molecule has 0 radical (unpaired) electrons. The van der Waals surface area contributed by atoms with Crippen molar-refractivity contribution >= 4 is 22.2 Å². The summed E-state index contributed by atoms with van der Waals surface area (Å²) in [4.78, 5) is 10.6. The van der Waals surface area contributed by atoms with Crippen molar-refractivity contribution in [3.8, 4) is 0 Å². The second-order valence-corrected chi connectivity index (χ2v) is 3.19. The van der Waals surface area contributed by atoms with Gasteiger partial charge < -0.3 is 11.1 Å². The summed E-state index contributed by atoms with van der Waals surface area (Å²) in [5.74, 6) is -0.335. The molecule has 11 heavy (non-hydrogen) atoms. The maximum atomic E-state index is 10.6. The maximum absolute atomic E-state index is 10.6. The van der Waals surface area contributed by atoms with Gasteiger partial charge in [-0.1, -0.05) is 0 Å². The summed E-state index contributed by atoms with van der Waals surface area (Å²) < 4.78 is 0. The predicted octanol–water partition coefficient (Wildman–Crippen LogP) is 1.03. The molecule has 1 heterocycles. The molecule has 3 N–H and O–H groups in total. The highest BCUT2D eigenvalue weighted by Crippen LogP contribution is 2.15. The van der Waals surface area contributed by atoms with Crippen LogP contribution in [0.2, 0.25) is 0 Å². The Hall–Kier alpha value is -1.03. The van der Waals surface area contributed by atoms with Gasteiger partial charge in [-0.3, -0.25) is 4.79 Å². The Bertz CT molecular complexity index is 233. The van der Waals surface area contributed by atoms with Crippen molar-refractivity contribution in [1.29, 1.82) is 0 Å². The summed E-state index contributed by atoms with van der Waals surface area (Å²) in [6.45, 7) is 1.74. The normalized spacial score (nSPS) is 12.5. The highest BCUT2D eigenvalue weighted by atomic mass is 32.1. The van der Waals surface area contributed by atoms with Gasteiger partial charge in [0.25, 0.3) is 0 Å². The van der Waals surface area contributed by atoms with Gasteiger partial charge in [0.05, 0.1) is 5.00 Å². The summed E-state index contributed by atoms with van der Waals surface area (Å²) >= 11 is 1.55. The van der Waals surface area contributed by atoms with Crippen LogP contribution >= 0.6 is 11.3 Å². The maximum Gasteiger partial charge on any atom is 0.239 e. The van der Waals surface area contributed by atoms with E-state index in [0.29, 0.717) is 0 Å². The van der Waals surface area contributed by atoms with E-state index >= 15 is 0 Å². The van der Waals surface area contributed by atoms with Crippen molar-refractivity contribution in [1.82, 2.24) is 0 Å². The van der Waals surface area contributed by atoms with Crippen LogP contribution in [0.25, 0.3) is 0 Å². The molecule has 0 saturated carbocycles. The molecule has 1 atom stereocenters. The third-order valence-corrected chi connectivity index (χ3v) is 2.11. The molecule has 1 amide bonds. The lowest BCUT2D eigenvalue weighted by atomic mass is 10.3. The number of hydrogen-bond donors (Lipinski definition) is 2. The van der Waals surface area contributed by atoms with Gasteiger partial charge in [0.2, 0.25) is 5.91 Å². The fraction of sp³-hybridized carbons (Fsp3) is 0.286. The van der Waals surface area contributed by atoms with Crippen LogP contribution in [0.3, 0.4) is 0 Å². The lowest BCUT2D eigenvalue weighted by molar-refractivity contribution is -0.118. The third-order valence-electron chi connectivity index (χ3n) is 1.31.